The first-order chi connectivity index (χ1) is 18.0. The Kier molecular flexibility index (Phi) is 15.3. The average Bonchev–Trinajstić information content (AvgIpc) is 2.80. The van der Waals surface area contributed by atoms with Gasteiger partial charge in [0.15, 0.2) is 8.32 Å². The van der Waals surface area contributed by atoms with E-state index in [2.05, 4.69) is 80.6 Å². The Labute approximate surface area is 247 Å². The van der Waals surface area contributed by atoms with Crippen LogP contribution in [0.2, 0.25) is 18.1 Å². The third-order valence-corrected chi connectivity index (χ3v) is 13.2. The number of ether oxygens (including phenoxy) is 2. The van der Waals surface area contributed by atoms with Crippen LogP contribution in [-0.2, 0) is 23.5 Å². The molecule has 40 heavy (non-hydrogen) atoms. The lowest BCUT2D eigenvalue weighted by atomic mass is 9.70. The summed E-state index contributed by atoms with van der Waals surface area (Å²) in [6.45, 7) is 29.6. The van der Waals surface area contributed by atoms with Crippen molar-refractivity contribution in [2.75, 3.05) is 14.2 Å². The number of rotatable bonds is 16. The first-order valence-corrected chi connectivity index (χ1v) is 17.8. The van der Waals surface area contributed by atoms with Gasteiger partial charge in [-0.3, -0.25) is 9.59 Å². The number of aliphatic hydroxyl groups excluding tert-OH is 1. The molecule has 0 fully saturated rings. The van der Waals surface area contributed by atoms with Gasteiger partial charge >= 0.3 is 5.97 Å². The first-order valence-electron chi connectivity index (χ1n) is 14.9. The molecule has 0 saturated carbocycles. The lowest BCUT2D eigenvalue weighted by Crippen LogP contribution is -2.49. The van der Waals surface area contributed by atoms with Crippen LogP contribution in [0.1, 0.15) is 95.9 Å². The van der Waals surface area contributed by atoms with E-state index in [4.69, 9.17) is 13.9 Å². The normalized spacial score (nSPS) is 18.7. The maximum absolute atomic E-state index is 13.9. The molecule has 7 atom stereocenters. The van der Waals surface area contributed by atoms with Crippen molar-refractivity contribution < 1.29 is 28.6 Å². The number of hydrogen-bond acceptors (Lipinski definition) is 6. The molecule has 0 aliphatic carbocycles. The van der Waals surface area contributed by atoms with E-state index in [1.807, 2.05) is 27.7 Å². The van der Waals surface area contributed by atoms with Crippen molar-refractivity contribution >= 4 is 20.1 Å². The smallest absolute Gasteiger partial charge is 0.308 e. The number of Topliss-reactive ketones (excluding diaryl/α,β-unsaturated/α-hetero) is 1. The van der Waals surface area contributed by atoms with Gasteiger partial charge in [0.25, 0.3) is 0 Å². The summed E-state index contributed by atoms with van der Waals surface area (Å²) >= 11 is 0. The van der Waals surface area contributed by atoms with Crippen molar-refractivity contribution in [1.29, 1.82) is 0 Å². The Hall–Kier alpha value is -1.28. The van der Waals surface area contributed by atoms with Gasteiger partial charge in [-0.15, -0.1) is 0 Å². The summed E-state index contributed by atoms with van der Waals surface area (Å²) in [4.78, 5) is 25.7. The molecule has 0 rings (SSSR count). The highest BCUT2D eigenvalue weighted by molar-refractivity contribution is 6.74. The van der Waals surface area contributed by atoms with Gasteiger partial charge in [-0.25, -0.2) is 0 Å². The lowest BCUT2D eigenvalue weighted by molar-refractivity contribution is -0.149. The Balaban J connectivity index is 6.10. The van der Waals surface area contributed by atoms with Crippen LogP contribution >= 0.6 is 0 Å². The maximum Gasteiger partial charge on any atom is 0.308 e. The van der Waals surface area contributed by atoms with Crippen LogP contribution in [0.25, 0.3) is 0 Å². The fourth-order valence-electron chi connectivity index (χ4n) is 5.61. The highest BCUT2D eigenvalue weighted by Gasteiger charge is 2.45. The van der Waals surface area contributed by atoms with E-state index in [0.29, 0.717) is 12.3 Å². The Bertz CT molecular complexity index is 878. The largest absolute Gasteiger partial charge is 0.469 e. The van der Waals surface area contributed by atoms with Gasteiger partial charge in [-0.05, 0) is 62.7 Å². The number of aliphatic hydroxyl groups is 1. The standard InChI is InChI=1S/C33H62O6Si/c1-21(2)17-22(3)18-23(4)29(39-40(15,16)32(8,9)10)24(5)19-25(6)30(36)33(11,12)31(38-14)26(7)27(34)20-28(35)37-13/h17-18,22,24-27,29,31,34H,19-20H2,1-16H3/b23-18+/t22-,24-,25+,26+,27-,29+,31-/m0/s1. The van der Waals surface area contributed by atoms with E-state index < -0.39 is 37.8 Å². The first kappa shape index (κ1) is 38.7. The van der Waals surface area contributed by atoms with Gasteiger partial charge in [-0.1, -0.05) is 80.0 Å². The zero-order valence-corrected chi connectivity index (χ0v) is 29.6. The molecule has 0 unspecified atom stereocenters. The van der Waals surface area contributed by atoms with Gasteiger partial charge < -0.3 is 19.0 Å². The molecule has 0 bridgehead atoms. The molecule has 0 saturated heterocycles. The molecule has 0 heterocycles. The summed E-state index contributed by atoms with van der Waals surface area (Å²) in [6.07, 6.45) is 3.44. The molecule has 0 aliphatic rings. The molecule has 234 valence electrons. The molecular formula is C33H62O6Si. The van der Waals surface area contributed by atoms with Crippen LogP contribution in [0.15, 0.2) is 23.3 Å². The number of ketones is 1. The number of carbonyl (C=O) groups excluding carboxylic acids is 2. The fourth-order valence-corrected chi connectivity index (χ4v) is 7.01. The highest BCUT2D eigenvalue weighted by Crippen LogP contribution is 2.41. The van der Waals surface area contributed by atoms with Crippen molar-refractivity contribution in [1.82, 2.24) is 0 Å². The second-order valence-corrected chi connectivity index (χ2v) is 19.1. The molecule has 0 aromatic heterocycles. The number of carbonyl (C=O) groups is 2. The van der Waals surface area contributed by atoms with Crippen molar-refractivity contribution in [2.45, 2.75) is 132 Å². The minimum atomic E-state index is -2.09. The van der Waals surface area contributed by atoms with Crippen LogP contribution < -0.4 is 0 Å². The molecule has 0 aromatic rings. The molecule has 0 aliphatic heterocycles. The fraction of sp³-hybridized carbons (Fsp3) is 0.818. The van der Waals surface area contributed by atoms with Crippen LogP contribution in [-0.4, -0.2) is 57.7 Å². The summed E-state index contributed by atoms with van der Waals surface area (Å²) in [5, 5.41) is 10.7. The molecule has 1 N–H and O–H groups in total. The van der Waals surface area contributed by atoms with Crippen LogP contribution in [0.3, 0.4) is 0 Å². The summed E-state index contributed by atoms with van der Waals surface area (Å²) in [7, 11) is 0.765. The third-order valence-electron chi connectivity index (χ3n) is 8.78. The van der Waals surface area contributed by atoms with Crippen LogP contribution in [0.5, 0.6) is 0 Å². The average molecular weight is 583 g/mol. The second-order valence-electron chi connectivity index (χ2n) is 14.4. The quantitative estimate of drug-likeness (QED) is 0.114. The number of hydrogen-bond donors (Lipinski definition) is 1. The van der Waals surface area contributed by atoms with Crippen molar-refractivity contribution in [3.8, 4) is 0 Å². The summed E-state index contributed by atoms with van der Waals surface area (Å²) < 4.78 is 17.5. The van der Waals surface area contributed by atoms with Crippen molar-refractivity contribution in [3.63, 3.8) is 0 Å². The van der Waals surface area contributed by atoms with Gasteiger partial charge in [0.05, 0.1) is 37.3 Å². The van der Waals surface area contributed by atoms with Crippen molar-refractivity contribution in [3.05, 3.63) is 23.3 Å². The molecule has 0 radical (unpaired) electrons. The van der Waals surface area contributed by atoms with Gasteiger partial charge in [-0.2, -0.15) is 0 Å². The summed E-state index contributed by atoms with van der Waals surface area (Å²) in [5.74, 6) is -0.696. The SMILES string of the molecule is COC(=O)C[C@H](O)[C@@H](C)[C@H](OC)C(C)(C)C(=O)[C@H](C)C[C@H](C)[C@H](O[Si](C)(C)C(C)(C)C)/C(C)=C/[C@@H](C)C=C(C)C. The molecule has 0 spiro atoms. The van der Waals surface area contributed by atoms with Gasteiger partial charge in [0, 0.05) is 18.9 Å². The lowest BCUT2D eigenvalue weighted by Gasteiger charge is -2.42. The van der Waals surface area contributed by atoms with E-state index in [9.17, 15) is 14.7 Å². The topological polar surface area (TPSA) is 82.1 Å². The number of allylic oxidation sites excluding steroid dienone is 3. The van der Waals surface area contributed by atoms with E-state index >= 15 is 0 Å². The van der Waals surface area contributed by atoms with E-state index in [0.717, 1.165) is 0 Å². The second kappa shape index (κ2) is 15.8. The van der Waals surface area contributed by atoms with E-state index in [1.54, 1.807) is 7.11 Å². The predicted molar refractivity (Wildman–Crippen MR) is 169 cm³/mol. The zero-order valence-electron chi connectivity index (χ0n) is 28.6. The molecule has 0 amide bonds. The Morgan fingerprint density at radius 3 is 1.88 bits per heavy atom. The number of esters is 1. The number of methoxy groups -OCH3 is 2. The maximum atomic E-state index is 13.9. The predicted octanol–water partition coefficient (Wildman–Crippen LogP) is 7.76. The van der Waals surface area contributed by atoms with Crippen LogP contribution in [0, 0.1) is 29.1 Å². The van der Waals surface area contributed by atoms with Gasteiger partial charge in [0.1, 0.15) is 5.78 Å². The minimum absolute atomic E-state index is 0.0626. The van der Waals surface area contributed by atoms with E-state index in [1.165, 1.54) is 18.3 Å². The summed E-state index contributed by atoms with van der Waals surface area (Å²) in [6, 6.07) is 0. The van der Waals surface area contributed by atoms with Crippen LogP contribution in [0.4, 0.5) is 0 Å². The van der Waals surface area contributed by atoms with E-state index in [-0.39, 0.29) is 35.2 Å². The molecule has 0 aromatic carbocycles. The molecule has 6 nitrogen and oxygen atoms in total. The monoisotopic (exact) mass is 582 g/mol. The minimum Gasteiger partial charge on any atom is -0.469 e. The third kappa shape index (κ3) is 11.2. The Morgan fingerprint density at radius 1 is 0.925 bits per heavy atom. The Morgan fingerprint density at radius 2 is 1.45 bits per heavy atom. The highest BCUT2D eigenvalue weighted by atomic mass is 28.4. The molecular weight excluding hydrogens is 520 g/mol. The summed E-state index contributed by atoms with van der Waals surface area (Å²) in [5.41, 5.74) is 1.62. The molecule has 7 heteroatoms. The van der Waals surface area contributed by atoms with Gasteiger partial charge in [0.2, 0.25) is 0 Å². The zero-order chi connectivity index (χ0) is 31.8. The van der Waals surface area contributed by atoms with Crippen molar-refractivity contribution in [2.24, 2.45) is 29.1 Å².